The monoisotopic (exact) mass is 322 g/mol. The molecule has 2 saturated heterocycles. The summed E-state index contributed by atoms with van der Waals surface area (Å²) in [7, 11) is 0. The van der Waals surface area contributed by atoms with Gasteiger partial charge in [0.05, 0.1) is 5.92 Å². The number of ether oxygens (including phenoxy) is 3. The lowest BCUT2D eigenvalue weighted by atomic mass is 9.62. The third-order valence-electron chi connectivity index (χ3n) is 5.41. The van der Waals surface area contributed by atoms with E-state index in [0.717, 1.165) is 12.8 Å². The minimum atomic E-state index is -0.621. The van der Waals surface area contributed by atoms with Crippen LogP contribution in [-0.4, -0.2) is 36.7 Å². The summed E-state index contributed by atoms with van der Waals surface area (Å²) < 4.78 is 15.9. The van der Waals surface area contributed by atoms with Crippen molar-refractivity contribution in [2.24, 2.45) is 23.7 Å². The minimum absolute atomic E-state index is 0.0892. The summed E-state index contributed by atoms with van der Waals surface area (Å²) in [5.74, 6) is -0.558. The van der Waals surface area contributed by atoms with Crippen molar-refractivity contribution >= 4 is 17.9 Å². The highest BCUT2D eigenvalue weighted by atomic mass is 16.6. The minimum Gasteiger partial charge on any atom is -0.458 e. The highest BCUT2D eigenvalue weighted by Crippen LogP contribution is 2.51. The summed E-state index contributed by atoms with van der Waals surface area (Å²) in [5.41, 5.74) is 0.229. The number of hydrogen-bond acceptors (Lipinski definition) is 6. The lowest BCUT2D eigenvalue weighted by Crippen LogP contribution is -2.47. The van der Waals surface area contributed by atoms with Gasteiger partial charge in [-0.05, 0) is 38.0 Å². The van der Waals surface area contributed by atoms with Crippen molar-refractivity contribution in [3.63, 3.8) is 0 Å². The second-order valence-electron chi connectivity index (χ2n) is 6.98. The zero-order chi connectivity index (χ0) is 16.7. The van der Waals surface area contributed by atoms with E-state index in [1.165, 1.54) is 6.92 Å². The van der Waals surface area contributed by atoms with Crippen LogP contribution in [0.1, 0.15) is 33.1 Å². The number of hydrogen-bond donors (Lipinski definition) is 0. The average Bonchev–Trinajstić information content (AvgIpc) is 2.63. The Morgan fingerprint density at radius 1 is 1.26 bits per heavy atom. The molecule has 4 fully saturated rings. The van der Waals surface area contributed by atoms with Gasteiger partial charge in [0.15, 0.2) is 6.61 Å². The molecule has 2 aliphatic heterocycles. The van der Waals surface area contributed by atoms with Crippen LogP contribution in [0.4, 0.5) is 0 Å². The number of rotatable bonds is 4. The SMILES string of the molecule is C=C(C)C(=O)OCC(=O)OC1C2CC3CC1OC(=O)C(C2)[C@@H]3C. The maximum atomic E-state index is 12.2. The van der Waals surface area contributed by atoms with Crippen molar-refractivity contribution < 1.29 is 28.6 Å². The molecule has 6 nitrogen and oxygen atoms in total. The van der Waals surface area contributed by atoms with Gasteiger partial charge < -0.3 is 14.2 Å². The van der Waals surface area contributed by atoms with Gasteiger partial charge in [0.2, 0.25) is 0 Å². The van der Waals surface area contributed by atoms with Crippen LogP contribution < -0.4 is 0 Å². The molecule has 0 aromatic heterocycles. The van der Waals surface area contributed by atoms with Crippen LogP contribution in [0.15, 0.2) is 12.2 Å². The molecule has 126 valence electrons. The van der Waals surface area contributed by atoms with E-state index >= 15 is 0 Å². The van der Waals surface area contributed by atoms with E-state index in [-0.39, 0.29) is 29.5 Å². The van der Waals surface area contributed by atoms with Crippen LogP contribution in [0, 0.1) is 23.7 Å². The van der Waals surface area contributed by atoms with Crippen molar-refractivity contribution in [1.29, 1.82) is 0 Å². The second kappa shape index (κ2) is 5.98. The molecule has 6 heteroatoms. The van der Waals surface area contributed by atoms with Crippen LogP contribution in [-0.2, 0) is 28.6 Å². The molecule has 0 radical (unpaired) electrons. The Labute approximate surface area is 135 Å². The first-order chi connectivity index (χ1) is 10.9. The van der Waals surface area contributed by atoms with Crippen LogP contribution >= 0.6 is 0 Å². The molecule has 4 aliphatic rings. The topological polar surface area (TPSA) is 78.9 Å². The lowest BCUT2D eigenvalue weighted by Gasteiger charge is -2.44. The molecule has 2 heterocycles. The van der Waals surface area contributed by atoms with E-state index in [9.17, 15) is 14.4 Å². The van der Waals surface area contributed by atoms with Gasteiger partial charge in [0.1, 0.15) is 12.2 Å². The first-order valence-electron chi connectivity index (χ1n) is 8.09. The van der Waals surface area contributed by atoms with Gasteiger partial charge >= 0.3 is 17.9 Å². The van der Waals surface area contributed by atoms with Gasteiger partial charge in [0.25, 0.3) is 0 Å². The smallest absolute Gasteiger partial charge is 0.344 e. The van der Waals surface area contributed by atoms with Crippen molar-refractivity contribution in [3.8, 4) is 0 Å². The Hall–Kier alpha value is -1.85. The Morgan fingerprint density at radius 2 is 2.00 bits per heavy atom. The Balaban J connectivity index is 1.63. The van der Waals surface area contributed by atoms with E-state index in [2.05, 4.69) is 13.5 Å². The van der Waals surface area contributed by atoms with E-state index < -0.39 is 24.6 Å². The van der Waals surface area contributed by atoms with Gasteiger partial charge in [0, 0.05) is 11.5 Å². The van der Waals surface area contributed by atoms with Crippen molar-refractivity contribution in [2.75, 3.05) is 6.61 Å². The summed E-state index contributed by atoms with van der Waals surface area (Å²) in [4.78, 5) is 35.4. The Morgan fingerprint density at radius 3 is 2.70 bits per heavy atom. The number of carbonyl (C=O) groups excluding carboxylic acids is 3. The van der Waals surface area contributed by atoms with Gasteiger partial charge in [-0.15, -0.1) is 0 Å². The van der Waals surface area contributed by atoms with Crippen molar-refractivity contribution in [2.45, 2.75) is 45.3 Å². The first kappa shape index (κ1) is 16.0. The predicted octanol–water partition coefficient (Wildman–Crippen LogP) is 1.63. The van der Waals surface area contributed by atoms with Crippen LogP contribution in [0.2, 0.25) is 0 Å². The van der Waals surface area contributed by atoms with Gasteiger partial charge in [-0.2, -0.15) is 0 Å². The predicted molar refractivity (Wildman–Crippen MR) is 79.0 cm³/mol. The highest BCUT2D eigenvalue weighted by molar-refractivity contribution is 5.88. The molecule has 4 rings (SSSR count). The summed E-state index contributed by atoms with van der Waals surface area (Å²) >= 11 is 0. The van der Waals surface area contributed by atoms with Gasteiger partial charge in [-0.3, -0.25) is 4.79 Å². The highest BCUT2D eigenvalue weighted by Gasteiger charge is 2.54. The van der Waals surface area contributed by atoms with E-state index in [1.54, 1.807) is 0 Å². The van der Waals surface area contributed by atoms with Crippen LogP contribution in [0.3, 0.4) is 0 Å². The molecule has 0 spiro atoms. The molecule has 4 bridgehead atoms. The van der Waals surface area contributed by atoms with Crippen LogP contribution in [0.25, 0.3) is 0 Å². The first-order valence-corrected chi connectivity index (χ1v) is 8.09. The zero-order valence-corrected chi connectivity index (χ0v) is 13.4. The quantitative estimate of drug-likeness (QED) is 0.445. The number of esters is 3. The molecule has 0 aromatic rings. The molecular formula is C17H22O6. The molecule has 0 N–H and O–H groups in total. The number of carbonyl (C=O) groups is 3. The fraction of sp³-hybridized carbons (Fsp3) is 0.706. The second-order valence-corrected chi connectivity index (χ2v) is 6.98. The lowest BCUT2D eigenvalue weighted by molar-refractivity contribution is -0.177. The van der Waals surface area contributed by atoms with Gasteiger partial charge in [-0.25, -0.2) is 9.59 Å². The van der Waals surface area contributed by atoms with Gasteiger partial charge in [-0.1, -0.05) is 13.5 Å². The summed E-state index contributed by atoms with van der Waals surface area (Å²) in [6.45, 7) is 6.63. The summed E-state index contributed by atoms with van der Waals surface area (Å²) in [6, 6.07) is 0. The fourth-order valence-electron chi connectivity index (χ4n) is 4.15. The Kier molecular flexibility index (Phi) is 4.17. The molecule has 2 saturated carbocycles. The average molecular weight is 322 g/mol. The third-order valence-corrected chi connectivity index (χ3v) is 5.41. The maximum absolute atomic E-state index is 12.2. The summed E-state index contributed by atoms with van der Waals surface area (Å²) in [5, 5.41) is 0. The zero-order valence-electron chi connectivity index (χ0n) is 13.4. The maximum Gasteiger partial charge on any atom is 0.344 e. The standard InChI is InChI=1S/C17H22O6/c1-8(2)16(19)21-7-14(18)23-15-11-4-10-6-13(15)22-17(20)12(5-11)9(10)3/h9-13,15H,1,4-7H2,2-3H3/t9-,10?,11?,12?,13?,15?/m1/s1. The van der Waals surface area contributed by atoms with Crippen molar-refractivity contribution in [3.05, 3.63) is 12.2 Å². The molecule has 0 amide bonds. The molecule has 2 aliphatic carbocycles. The fourth-order valence-corrected chi connectivity index (χ4v) is 4.15. The largest absolute Gasteiger partial charge is 0.458 e. The van der Waals surface area contributed by atoms with Crippen LogP contribution in [0.5, 0.6) is 0 Å². The number of fused-ring (bicyclic) bond motifs is 1. The third kappa shape index (κ3) is 2.99. The normalized spacial score (nSPS) is 37.7. The van der Waals surface area contributed by atoms with Crippen molar-refractivity contribution in [1.82, 2.24) is 0 Å². The molecule has 6 atom stereocenters. The Bertz CT molecular complexity index is 553. The van der Waals surface area contributed by atoms with E-state index in [0.29, 0.717) is 18.3 Å². The molecule has 23 heavy (non-hydrogen) atoms. The van der Waals surface area contributed by atoms with E-state index in [4.69, 9.17) is 14.2 Å². The molecule has 5 unspecified atom stereocenters. The van der Waals surface area contributed by atoms with E-state index in [1.807, 2.05) is 0 Å². The molecular weight excluding hydrogens is 300 g/mol. The molecule has 0 aromatic carbocycles. The summed E-state index contributed by atoms with van der Waals surface area (Å²) in [6.07, 6.45) is 1.60.